The molecular formula is C19H17F3N4OS. The molecule has 9 heteroatoms. The molecule has 0 amide bonds. The molecule has 4 rings (SSSR count). The largest absolute Gasteiger partial charge is 0.433 e. The summed E-state index contributed by atoms with van der Waals surface area (Å²) in [5, 5.41) is 14.0. The maximum absolute atomic E-state index is 12.8. The average molecular weight is 406 g/mol. The molecule has 1 aliphatic rings. The van der Waals surface area contributed by atoms with Gasteiger partial charge < -0.3 is 10.4 Å². The van der Waals surface area contributed by atoms with Gasteiger partial charge in [-0.3, -0.25) is 0 Å². The second kappa shape index (κ2) is 6.82. The fourth-order valence-corrected chi connectivity index (χ4v) is 4.10. The van der Waals surface area contributed by atoms with Crippen LogP contribution < -0.4 is 5.32 Å². The van der Waals surface area contributed by atoms with E-state index in [1.807, 2.05) is 13.0 Å². The highest BCUT2D eigenvalue weighted by atomic mass is 32.1. The lowest BCUT2D eigenvalue weighted by Crippen LogP contribution is -2.33. The molecule has 0 bridgehead atoms. The van der Waals surface area contributed by atoms with Gasteiger partial charge in [-0.15, -0.1) is 11.3 Å². The number of rotatable bonds is 4. The van der Waals surface area contributed by atoms with Crippen molar-refractivity contribution in [2.45, 2.75) is 38.0 Å². The van der Waals surface area contributed by atoms with Gasteiger partial charge in [0, 0.05) is 18.1 Å². The molecule has 2 heterocycles. The highest BCUT2D eigenvalue weighted by Gasteiger charge is 2.39. The summed E-state index contributed by atoms with van der Waals surface area (Å²) in [6.45, 7) is 1.89. The van der Waals surface area contributed by atoms with E-state index < -0.39 is 17.5 Å². The van der Waals surface area contributed by atoms with E-state index in [1.165, 1.54) is 11.3 Å². The van der Waals surface area contributed by atoms with Crippen molar-refractivity contribution in [3.63, 3.8) is 0 Å². The third-order valence-corrected chi connectivity index (χ3v) is 5.89. The lowest BCUT2D eigenvalue weighted by Gasteiger charge is -2.34. The number of aromatic nitrogens is 3. The van der Waals surface area contributed by atoms with Crippen molar-refractivity contribution in [2.24, 2.45) is 0 Å². The quantitative estimate of drug-likeness (QED) is 0.635. The van der Waals surface area contributed by atoms with E-state index in [4.69, 9.17) is 0 Å². The maximum Gasteiger partial charge on any atom is 0.433 e. The molecule has 1 aliphatic carbocycles. The molecule has 5 nitrogen and oxygen atoms in total. The van der Waals surface area contributed by atoms with Crippen molar-refractivity contribution in [1.29, 1.82) is 0 Å². The van der Waals surface area contributed by atoms with Crippen LogP contribution in [0.25, 0.3) is 10.4 Å². The predicted molar refractivity (Wildman–Crippen MR) is 100 cm³/mol. The summed E-state index contributed by atoms with van der Waals surface area (Å²) >= 11 is 1.43. The third kappa shape index (κ3) is 3.72. The molecule has 146 valence electrons. The molecule has 1 saturated carbocycles. The zero-order valence-corrected chi connectivity index (χ0v) is 15.7. The van der Waals surface area contributed by atoms with Crippen LogP contribution >= 0.6 is 11.3 Å². The number of nitrogens with one attached hydrogen (secondary N) is 1. The van der Waals surface area contributed by atoms with Gasteiger partial charge in [-0.25, -0.2) is 15.0 Å². The van der Waals surface area contributed by atoms with Gasteiger partial charge in [0.2, 0.25) is 5.95 Å². The first kappa shape index (κ1) is 18.8. The van der Waals surface area contributed by atoms with Gasteiger partial charge in [0.05, 0.1) is 4.88 Å². The number of halogens is 3. The van der Waals surface area contributed by atoms with Crippen LogP contribution in [0.5, 0.6) is 0 Å². The molecule has 2 N–H and O–H groups in total. The topological polar surface area (TPSA) is 70.9 Å². The number of thiazole rings is 1. The number of anilines is 2. The molecule has 1 aromatic carbocycles. The number of hydrogen-bond acceptors (Lipinski definition) is 6. The second-order valence-corrected chi connectivity index (χ2v) is 7.92. The highest BCUT2D eigenvalue weighted by molar-refractivity contribution is 7.15. The molecule has 3 aromatic rings. The number of nitrogens with zero attached hydrogens (tertiary/aromatic N) is 3. The summed E-state index contributed by atoms with van der Waals surface area (Å²) in [5.41, 5.74) is 0.537. The highest BCUT2D eigenvalue weighted by Crippen LogP contribution is 2.44. The Labute approximate surface area is 163 Å². The Morgan fingerprint density at radius 1 is 1.18 bits per heavy atom. The number of aliphatic hydroxyl groups is 1. The minimum absolute atomic E-state index is 0.125. The fraction of sp³-hybridized carbons (Fsp3) is 0.316. The van der Waals surface area contributed by atoms with Crippen LogP contribution in [0.2, 0.25) is 0 Å². The van der Waals surface area contributed by atoms with Crippen LogP contribution in [0.3, 0.4) is 0 Å². The van der Waals surface area contributed by atoms with Crippen LogP contribution in [0, 0.1) is 6.92 Å². The molecule has 0 radical (unpaired) electrons. The van der Waals surface area contributed by atoms with Crippen molar-refractivity contribution < 1.29 is 18.3 Å². The van der Waals surface area contributed by atoms with Crippen LogP contribution in [0.4, 0.5) is 24.8 Å². The lowest BCUT2D eigenvalue weighted by molar-refractivity contribution is -0.141. The van der Waals surface area contributed by atoms with Crippen molar-refractivity contribution >= 4 is 23.0 Å². The molecule has 0 spiro atoms. The van der Waals surface area contributed by atoms with E-state index in [2.05, 4.69) is 20.3 Å². The first-order valence-corrected chi connectivity index (χ1v) is 9.53. The molecular weight excluding hydrogens is 389 g/mol. The van der Waals surface area contributed by atoms with E-state index in [0.717, 1.165) is 34.7 Å². The Balaban J connectivity index is 1.61. The third-order valence-electron chi connectivity index (χ3n) is 4.65. The van der Waals surface area contributed by atoms with Gasteiger partial charge in [0.25, 0.3) is 0 Å². The molecule has 0 unspecified atom stereocenters. The number of aryl methyl sites for hydroxylation is 1. The van der Waals surface area contributed by atoms with Crippen LogP contribution in [-0.4, -0.2) is 20.1 Å². The normalized spacial score (nSPS) is 15.9. The summed E-state index contributed by atoms with van der Waals surface area (Å²) in [4.78, 5) is 12.7. The Morgan fingerprint density at radius 3 is 2.64 bits per heavy atom. The smallest absolute Gasteiger partial charge is 0.383 e. The Morgan fingerprint density at radius 2 is 1.96 bits per heavy atom. The standard InChI is InChI=1S/C19H17F3N4OS/c1-11-7-12(14-10-24-16(28-14)18(27)4-2-5-18)9-13(8-11)25-17-23-6-3-15(26-17)19(20,21)22/h3,6-10,27H,2,4-5H2,1H3,(H,23,25,26). The maximum atomic E-state index is 12.8. The van der Waals surface area contributed by atoms with Gasteiger partial charge in [0.1, 0.15) is 16.3 Å². The van der Waals surface area contributed by atoms with Crippen molar-refractivity contribution in [1.82, 2.24) is 15.0 Å². The molecule has 0 aliphatic heterocycles. The van der Waals surface area contributed by atoms with E-state index in [0.29, 0.717) is 23.5 Å². The van der Waals surface area contributed by atoms with Gasteiger partial charge in [0.15, 0.2) is 0 Å². The molecule has 0 saturated heterocycles. The summed E-state index contributed by atoms with van der Waals surface area (Å²) in [6, 6.07) is 6.39. The zero-order chi connectivity index (χ0) is 19.9. The Kier molecular flexibility index (Phi) is 4.59. The first-order chi connectivity index (χ1) is 13.2. The molecule has 1 fully saturated rings. The van der Waals surface area contributed by atoms with Gasteiger partial charge in [-0.1, -0.05) is 6.07 Å². The van der Waals surface area contributed by atoms with Crippen LogP contribution in [0.15, 0.2) is 36.7 Å². The average Bonchev–Trinajstić information content (AvgIpc) is 3.09. The first-order valence-electron chi connectivity index (χ1n) is 8.71. The van der Waals surface area contributed by atoms with Gasteiger partial charge in [-0.05, 0) is 55.5 Å². The van der Waals surface area contributed by atoms with Crippen molar-refractivity contribution in [3.05, 3.63) is 52.9 Å². The fourth-order valence-electron chi connectivity index (χ4n) is 3.05. The number of alkyl halides is 3. The molecule has 28 heavy (non-hydrogen) atoms. The Hall–Kier alpha value is -2.52. The molecule has 0 atom stereocenters. The van der Waals surface area contributed by atoms with Crippen molar-refractivity contribution in [3.8, 4) is 10.4 Å². The number of hydrogen-bond donors (Lipinski definition) is 2. The van der Waals surface area contributed by atoms with Gasteiger partial charge >= 0.3 is 6.18 Å². The second-order valence-electron chi connectivity index (χ2n) is 6.89. The van der Waals surface area contributed by atoms with E-state index in [-0.39, 0.29) is 5.95 Å². The Bertz CT molecular complexity index is 1010. The SMILES string of the molecule is Cc1cc(Nc2nccc(C(F)(F)F)n2)cc(-c2cnc(C3(O)CCC3)s2)c1. The summed E-state index contributed by atoms with van der Waals surface area (Å²) in [7, 11) is 0. The summed E-state index contributed by atoms with van der Waals surface area (Å²) in [6.07, 6.45) is 0.680. The van der Waals surface area contributed by atoms with E-state index in [1.54, 1.807) is 18.3 Å². The van der Waals surface area contributed by atoms with Crippen LogP contribution in [-0.2, 0) is 11.8 Å². The minimum atomic E-state index is -4.53. The predicted octanol–water partition coefficient (Wildman–Crippen LogP) is 5.04. The minimum Gasteiger partial charge on any atom is -0.383 e. The number of benzene rings is 1. The monoisotopic (exact) mass is 406 g/mol. The molecule has 2 aromatic heterocycles. The van der Waals surface area contributed by atoms with E-state index >= 15 is 0 Å². The summed E-state index contributed by atoms with van der Waals surface area (Å²) in [5.74, 6) is -0.125. The zero-order valence-electron chi connectivity index (χ0n) is 14.9. The summed E-state index contributed by atoms with van der Waals surface area (Å²) < 4.78 is 38.5. The van der Waals surface area contributed by atoms with Crippen molar-refractivity contribution in [2.75, 3.05) is 5.32 Å². The van der Waals surface area contributed by atoms with E-state index in [9.17, 15) is 18.3 Å². The van der Waals surface area contributed by atoms with Gasteiger partial charge in [-0.2, -0.15) is 13.2 Å². The lowest BCUT2D eigenvalue weighted by atomic mass is 9.81. The van der Waals surface area contributed by atoms with Crippen LogP contribution in [0.1, 0.15) is 35.5 Å².